The Morgan fingerprint density at radius 2 is 2.16 bits per heavy atom. The van der Waals surface area contributed by atoms with Gasteiger partial charge >= 0.3 is 12.8 Å². The van der Waals surface area contributed by atoms with Gasteiger partial charge in [-0.1, -0.05) is 18.7 Å². The third-order valence-electron chi connectivity index (χ3n) is 3.00. The van der Waals surface area contributed by atoms with E-state index in [0.717, 1.165) is 0 Å². The molecular formula is C12H14BNO5. The highest BCUT2D eigenvalue weighted by Crippen LogP contribution is 2.32. The van der Waals surface area contributed by atoms with Crippen molar-refractivity contribution in [1.29, 1.82) is 0 Å². The number of rotatable bonds is 3. The van der Waals surface area contributed by atoms with Gasteiger partial charge in [-0.15, -0.1) is 0 Å². The van der Waals surface area contributed by atoms with Gasteiger partial charge in [0.15, 0.2) is 5.75 Å². The van der Waals surface area contributed by atoms with Crippen LogP contribution in [-0.2, 0) is 9.31 Å². The summed E-state index contributed by atoms with van der Waals surface area (Å²) in [6, 6.07) is 4.61. The Morgan fingerprint density at radius 1 is 1.47 bits per heavy atom. The number of ether oxygens (including phenoxy) is 1. The van der Waals surface area contributed by atoms with E-state index in [2.05, 4.69) is 6.58 Å². The van der Waals surface area contributed by atoms with E-state index in [9.17, 15) is 10.1 Å². The fraction of sp³-hybridized carbons (Fsp3) is 0.333. The van der Waals surface area contributed by atoms with Crippen molar-refractivity contribution in [3.63, 3.8) is 0 Å². The van der Waals surface area contributed by atoms with E-state index in [4.69, 9.17) is 14.0 Å². The van der Waals surface area contributed by atoms with Crippen LogP contribution in [0.3, 0.4) is 0 Å². The number of hydrogen-bond donors (Lipinski definition) is 0. The molecule has 0 aromatic heterocycles. The highest BCUT2D eigenvalue weighted by atomic mass is 16.7. The molecule has 0 spiro atoms. The maximum Gasteiger partial charge on any atom is 0.567 e. The summed E-state index contributed by atoms with van der Waals surface area (Å²) in [6.07, 6.45) is 0. The fourth-order valence-corrected chi connectivity index (χ4v) is 1.85. The van der Waals surface area contributed by atoms with Gasteiger partial charge in [0.05, 0.1) is 17.8 Å². The van der Waals surface area contributed by atoms with Crippen LogP contribution in [-0.4, -0.2) is 24.8 Å². The monoisotopic (exact) mass is 263 g/mol. The van der Waals surface area contributed by atoms with Crippen molar-refractivity contribution in [3.8, 4) is 5.75 Å². The molecule has 1 fully saturated rings. The second kappa shape index (κ2) is 4.58. The second-order valence-electron chi connectivity index (χ2n) is 4.66. The molecule has 1 aliphatic heterocycles. The smallest absolute Gasteiger partial charge is 0.534 e. The summed E-state index contributed by atoms with van der Waals surface area (Å²) >= 11 is 0. The Labute approximate surface area is 111 Å². The van der Waals surface area contributed by atoms with Crippen LogP contribution in [0.2, 0.25) is 0 Å². The largest absolute Gasteiger partial charge is 0.567 e. The Morgan fingerprint density at radius 3 is 2.63 bits per heavy atom. The summed E-state index contributed by atoms with van der Waals surface area (Å²) in [6.45, 7) is 7.41. The minimum atomic E-state index is -0.752. The van der Waals surface area contributed by atoms with Crippen LogP contribution in [0.4, 0.5) is 5.69 Å². The SMILES string of the molecule is C=C1OB(c2cccc([N+](=O)[O-])c2OC)OC1(C)C. The zero-order valence-corrected chi connectivity index (χ0v) is 11.0. The molecule has 100 valence electrons. The molecule has 1 aliphatic rings. The predicted octanol–water partition coefficient (Wildman–Crippen LogP) is 1.64. The van der Waals surface area contributed by atoms with Crippen molar-refractivity contribution < 1.29 is 19.0 Å². The first-order valence-electron chi connectivity index (χ1n) is 5.72. The van der Waals surface area contributed by atoms with Crippen LogP contribution in [0.25, 0.3) is 0 Å². The van der Waals surface area contributed by atoms with Gasteiger partial charge in [0.2, 0.25) is 0 Å². The molecule has 0 unspecified atom stereocenters. The number of hydrogen-bond acceptors (Lipinski definition) is 5. The molecule has 0 radical (unpaired) electrons. The fourth-order valence-electron chi connectivity index (χ4n) is 1.85. The Hall–Kier alpha value is -2.02. The van der Waals surface area contributed by atoms with E-state index < -0.39 is 17.6 Å². The second-order valence-corrected chi connectivity index (χ2v) is 4.66. The van der Waals surface area contributed by atoms with Crippen molar-refractivity contribution in [2.45, 2.75) is 19.4 Å². The molecule has 1 saturated heterocycles. The van der Waals surface area contributed by atoms with E-state index >= 15 is 0 Å². The van der Waals surface area contributed by atoms with E-state index in [1.807, 2.05) is 13.8 Å². The molecular weight excluding hydrogens is 249 g/mol. The standard InChI is InChI=1S/C12H14BNO5/c1-8-12(2,3)19-13(18-8)9-6-5-7-10(14(15)16)11(9)17-4/h5-7H,1H2,2-4H3. The summed E-state index contributed by atoms with van der Waals surface area (Å²) in [5, 5.41) is 11.0. The van der Waals surface area contributed by atoms with Gasteiger partial charge in [0, 0.05) is 11.5 Å². The van der Waals surface area contributed by atoms with E-state index in [1.165, 1.54) is 13.2 Å². The first kappa shape index (κ1) is 13.4. The molecule has 19 heavy (non-hydrogen) atoms. The molecule has 6 nitrogen and oxygen atoms in total. The lowest BCUT2D eigenvalue weighted by Gasteiger charge is -2.15. The van der Waals surface area contributed by atoms with Gasteiger partial charge < -0.3 is 14.0 Å². The van der Waals surface area contributed by atoms with Crippen molar-refractivity contribution in [2.75, 3.05) is 7.11 Å². The van der Waals surface area contributed by atoms with Crippen LogP contribution < -0.4 is 10.2 Å². The number of methoxy groups -OCH3 is 1. The van der Waals surface area contributed by atoms with Gasteiger partial charge in [0.25, 0.3) is 0 Å². The molecule has 0 amide bonds. The summed E-state index contributed by atoms with van der Waals surface area (Å²) in [5.41, 5.74) is -0.286. The van der Waals surface area contributed by atoms with Gasteiger partial charge in [-0.3, -0.25) is 10.1 Å². The van der Waals surface area contributed by atoms with Crippen molar-refractivity contribution in [1.82, 2.24) is 0 Å². The van der Waals surface area contributed by atoms with Crippen molar-refractivity contribution in [2.24, 2.45) is 0 Å². The first-order chi connectivity index (χ1) is 8.86. The number of nitrogens with zero attached hydrogens (tertiary/aromatic N) is 1. The first-order valence-corrected chi connectivity index (χ1v) is 5.72. The quantitative estimate of drug-likeness (QED) is 0.471. The molecule has 0 atom stereocenters. The van der Waals surface area contributed by atoms with Crippen molar-refractivity contribution >= 4 is 18.3 Å². The average molecular weight is 263 g/mol. The van der Waals surface area contributed by atoms with Crippen LogP contribution in [0.1, 0.15) is 13.8 Å². The van der Waals surface area contributed by atoms with E-state index in [-0.39, 0.29) is 11.4 Å². The van der Waals surface area contributed by atoms with E-state index in [1.54, 1.807) is 12.1 Å². The highest BCUT2D eigenvalue weighted by molar-refractivity contribution is 6.63. The van der Waals surface area contributed by atoms with Crippen LogP contribution >= 0.6 is 0 Å². The zero-order chi connectivity index (χ0) is 14.2. The molecule has 0 N–H and O–H groups in total. The molecule has 0 saturated carbocycles. The minimum absolute atomic E-state index is 0.123. The van der Waals surface area contributed by atoms with Gasteiger partial charge in [-0.05, 0) is 13.8 Å². The lowest BCUT2D eigenvalue weighted by atomic mass is 9.78. The van der Waals surface area contributed by atoms with Crippen LogP contribution in [0, 0.1) is 10.1 Å². The van der Waals surface area contributed by atoms with Gasteiger partial charge in [-0.2, -0.15) is 0 Å². The van der Waals surface area contributed by atoms with Crippen molar-refractivity contribution in [3.05, 3.63) is 40.7 Å². The van der Waals surface area contributed by atoms with Crippen LogP contribution in [0.5, 0.6) is 5.75 Å². The summed E-state index contributed by atoms with van der Waals surface area (Å²) < 4.78 is 16.3. The highest BCUT2D eigenvalue weighted by Gasteiger charge is 2.45. The third-order valence-corrected chi connectivity index (χ3v) is 3.00. The third kappa shape index (κ3) is 2.29. The van der Waals surface area contributed by atoms with Gasteiger partial charge in [-0.25, -0.2) is 0 Å². The Balaban J connectivity index is 2.44. The summed E-state index contributed by atoms with van der Waals surface area (Å²) in [4.78, 5) is 10.5. The lowest BCUT2D eigenvalue weighted by molar-refractivity contribution is -0.385. The van der Waals surface area contributed by atoms with Gasteiger partial charge in [0.1, 0.15) is 5.60 Å². The minimum Gasteiger partial charge on any atom is -0.534 e. The molecule has 0 bridgehead atoms. The number of nitro benzene ring substituents is 1. The topological polar surface area (TPSA) is 70.8 Å². The number of benzene rings is 1. The zero-order valence-electron chi connectivity index (χ0n) is 11.0. The molecule has 1 aromatic rings. The molecule has 2 rings (SSSR count). The number of nitro groups is 1. The average Bonchev–Trinajstić information content (AvgIpc) is 2.62. The summed E-state index contributed by atoms with van der Waals surface area (Å²) in [5.74, 6) is 0.619. The predicted molar refractivity (Wildman–Crippen MR) is 70.4 cm³/mol. The maximum absolute atomic E-state index is 11.0. The Kier molecular flexibility index (Phi) is 3.24. The molecule has 1 heterocycles. The number of para-hydroxylation sites is 1. The maximum atomic E-state index is 11.0. The molecule has 1 aromatic carbocycles. The Bertz CT molecular complexity index is 543. The molecule has 0 aliphatic carbocycles. The normalized spacial score (nSPS) is 17.2. The lowest BCUT2D eigenvalue weighted by Crippen LogP contribution is -2.35. The van der Waals surface area contributed by atoms with E-state index in [0.29, 0.717) is 11.2 Å². The summed E-state index contributed by atoms with van der Waals surface area (Å²) in [7, 11) is 0.623. The van der Waals surface area contributed by atoms with Crippen LogP contribution in [0.15, 0.2) is 30.5 Å². The molecule has 7 heteroatoms.